The number of allylic oxidation sites excluding steroid dienone is 2. The van der Waals surface area contributed by atoms with Gasteiger partial charge in [-0.15, -0.1) is 0 Å². The van der Waals surface area contributed by atoms with E-state index in [4.69, 9.17) is 19.9 Å². The van der Waals surface area contributed by atoms with E-state index in [2.05, 4.69) is 13.8 Å². The number of carbonyl (C=O) groups is 2. The third-order valence-electron chi connectivity index (χ3n) is 6.79. The van der Waals surface area contributed by atoms with Crippen LogP contribution in [0.4, 0.5) is 5.69 Å². The van der Waals surface area contributed by atoms with E-state index in [1.807, 2.05) is 42.2 Å². The van der Waals surface area contributed by atoms with E-state index >= 15 is 0 Å². The van der Waals surface area contributed by atoms with Crippen LogP contribution in [0.15, 0.2) is 65.1 Å². The van der Waals surface area contributed by atoms with Crippen molar-refractivity contribution in [2.75, 3.05) is 25.7 Å². The van der Waals surface area contributed by atoms with Crippen molar-refractivity contribution in [1.29, 1.82) is 0 Å². The monoisotopic (exact) mass is 490 g/mol. The average Bonchev–Trinajstić information content (AvgIpc) is 2.83. The maximum atomic E-state index is 13.8. The predicted octanol–water partition coefficient (Wildman–Crippen LogP) is 4.99. The van der Waals surface area contributed by atoms with Crippen LogP contribution in [0.25, 0.3) is 0 Å². The molecule has 36 heavy (non-hydrogen) atoms. The van der Waals surface area contributed by atoms with Crippen LogP contribution in [0.3, 0.4) is 0 Å². The molecule has 1 heterocycles. The van der Waals surface area contributed by atoms with Gasteiger partial charge in [0, 0.05) is 23.4 Å². The molecule has 190 valence electrons. The summed E-state index contributed by atoms with van der Waals surface area (Å²) in [5, 5.41) is 0. The van der Waals surface area contributed by atoms with Crippen LogP contribution in [0.2, 0.25) is 0 Å². The molecule has 0 bridgehead atoms. The summed E-state index contributed by atoms with van der Waals surface area (Å²) in [6, 6.07) is 13.3. The first-order chi connectivity index (χ1) is 17.1. The molecule has 2 aromatic rings. The van der Waals surface area contributed by atoms with E-state index in [1.165, 1.54) is 0 Å². The van der Waals surface area contributed by atoms with Gasteiger partial charge < -0.3 is 19.9 Å². The van der Waals surface area contributed by atoms with Crippen LogP contribution >= 0.6 is 0 Å². The van der Waals surface area contributed by atoms with Crippen LogP contribution < -0.4 is 20.1 Å². The van der Waals surface area contributed by atoms with E-state index in [0.29, 0.717) is 35.5 Å². The summed E-state index contributed by atoms with van der Waals surface area (Å²) in [4.78, 5) is 29.1. The number of aryl methyl sites for hydroxylation is 1. The lowest BCUT2D eigenvalue weighted by molar-refractivity contribution is -0.138. The Bertz CT molecular complexity index is 1260. The zero-order valence-corrected chi connectivity index (χ0v) is 21.8. The van der Waals surface area contributed by atoms with Gasteiger partial charge in [0.05, 0.1) is 32.3 Å². The Kier molecular flexibility index (Phi) is 6.85. The Balaban J connectivity index is 2.03. The van der Waals surface area contributed by atoms with Crippen LogP contribution in [-0.4, -0.2) is 32.6 Å². The first kappa shape index (κ1) is 25.4. The number of ketones is 1. The normalized spacial score (nSPS) is 19.2. The van der Waals surface area contributed by atoms with E-state index < -0.39 is 11.9 Å². The number of hydrogen-bond donors (Lipinski definition) is 1. The topological polar surface area (TPSA) is 91.1 Å². The molecule has 4 rings (SSSR count). The second kappa shape index (κ2) is 9.72. The number of ether oxygens (including phenoxy) is 3. The lowest BCUT2D eigenvalue weighted by atomic mass is 9.68. The third-order valence-corrected chi connectivity index (χ3v) is 6.79. The molecule has 1 atom stereocenters. The molecule has 0 fully saturated rings. The predicted molar refractivity (Wildman–Crippen MR) is 139 cm³/mol. The maximum absolute atomic E-state index is 13.8. The van der Waals surface area contributed by atoms with Gasteiger partial charge in [-0.2, -0.15) is 0 Å². The first-order valence-electron chi connectivity index (χ1n) is 12.1. The molecule has 2 aromatic carbocycles. The second-order valence-corrected chi connectivity index (χ2v) is 10.0. The van der Waals surface area contributed by atoms with Crippen molar-refractivity contribution in [3.63, 3.8) is 0 Å². The number of carbonyl (C=O) groups excluding carboxylic acids is 2. The van der Waals surface area contributed by atoms with Gasteiger partial charge in [-0.3, -0.25) is 9.69 Å². The fourth-order valence-electron chi connectivity index (χ4n) is 5.17. The van der Waals surface area contributed by atoms with Crippen molar-refractivity contribution in [3.05, 3.63) is 76.3 Å². The standard InChI is InChI=1S/C29H34N2O5/c1-7-36-28(33)26-24(18-10-13-22(34-5)23(14-18)35-6)25-20(15-29(3,4)16-21(25)32)31(27(26)30)19-11-8-17(2)9-12-19/h8-14,24H,7,15-16,30H2,1-6H3/t24-/m1/s1. The molecule has 0 amide bonds. The number of rotatable bonds is 6. The molecule has 1 aliphatic carbocycles. The SMILES string of the molecule is CCOC(=O)C1=C(N)N(c2ccc(C)cc2)C2=C(C(=O)CC(C)(C)C2)[C@H]1c1ccc(OC)c(OC)c1. The first-order valence-corrected chi connectivity index (χ1v) is 12.1. The summed E-state index contributed by atoms with van der Waals surface area (Å²) in [6.45, 7) is 8.10. The van der Waals surface area contributed by atoms with Gasteiger partial charge in [0.15, 0.2) is 17.3 Å². The number of hydrogen-bond acceptors (Lipinski definition) is 7. The molecule has 0 unspecified atom stereocenters. The lowest BCUT2D eigenvalue weighted by Crippen LogP contribution is -2.43. The zero-order chi connectivity index (χ0) is 26.2. The van der Waals surface area contributed by atoms with E-state index in [0.717, 1.165) is 16.9 Å². The highest BCUT2D eigenvalue weighted by Crippen LogP contribution is 2.51. The van der Waals surface area contributed by atoms with E-state index in [1.54, 1.807) is 33.3 Å². The molecule has 0 radical (unpaired) electrons. The number of anilines is 1. The van der Waals surface area contributed by atoms with Crippen LogP contribution in [0.5, 0.6) is 11.5 Å². The highest BCUT2D eigenvalue weighted by Gasteiger charge is 2.46. The van der Waals surface area contributed by atoms with Gasteiger partial charge >= 0.3 is 5.97 Å². The van der Waals surface area contributed by atoms with E-state index in [-0.39, 0.29) is 29.2 Å². The van der Waals surface area contributed by atoms with Gasteiger partial charge in [0.1, 0.15) is 5.82 Å². The molecule has 7 heteroatoms. The Hall–Kier alpha value is -3.74. The minimum absolute atomic E-state index is 0.00700. The molecule has 2 N–H and O–H groups in total. The van der Waals surface area contributed by atoms with Crippen LogP contribution in [-0.2, 0) is 14.3 Å². The maximum Gasteiger partial charge on any atom is 0.338 e. The van der Waals surface area contributed by atoms with Crippen molar-refractivity contribution in [2.24, 2.45) is 11.1 Å². The average molecular weight is 491 g/mol. The summed E-state index contributed by atoms with van der Waals surface area (Å²) >= 11 is 0. The van der Waals surface area contributed by atoms with Gasteiger partial charge in [-0.25, -0.2) is 4.79 Å². The smallest absolute Gasteiger partial charge is 0.338 e. The molecule has 0 saturated carbocycles. The van der Waals surface area contributed by atoms with Crippen molar-refractivity contribution in [2.45, 2.75) is 46.5 Å². The summed E-state index contributed by atoms with van der Waals surface area (Å²) < 4.78 is 16.4. The number of nitrogens with two attached hydrogens (primary N) is 1. The number of nitrogens with zero attached hydrogens (tertiary/aromatic N) is 1. The molecule has 7 nitrogen and oxygen atoms in total. The van der Waals surface area contributed by atoms with Crippen molar-refractivity contribution in [3.8, 4) is 11.5 Å². The molecule has 2 aliphatic rings. The van der Waals surface area contributed by atoms with Gasteiger partial charge in [0.25, 0.3) is 0 Å². The minimum atomic E-state index is -0.691. The molecule has 1 aliphatic heterocycles. The summed E-state index contributed by atoms with van der Waals surface area (Å²) in [6.07, 6.45) is 0.996. The summed E-state index contributed by atoms with van der Waals surface area (Å²) in [5.41, 5.74) is 10.8. The number of methoxy groups -OCH3 is 2. The molecule has 0 saturated heterocycles. The second-order valence-electron chi connectivity index (χ2n) is 10.0. The fourth-order valence-corrected chi connectivity index (χ4v) is 5.17. The van der Waals surface area contributed by atoms with Crippen LogP contribution in [0.1, 0.15) is 50.7 Å². The molecule has 0 spiro atoms. The van der Waals surface area contributed by atoms with Crippen LogP contribution in [0, 0.1) is 12.3 Å². The van der Waals surface area contributed by atoms with Crippen molar-refractivity contribution >= 4 is 17.4 Å². The largest absolute Gasteiger partial charge is 0.493 e. The van der Waals surface area contributed by atoms with Gasteiger partial charge in [0.2, 0.25) is 0 Å². The molecule has 0 aromatic heterocycles. The number of esters is 1. The zero-order valence-electron chi connectivity index (χ0n) is 21.8. The highest BCUT2D eigenvalue weighted by atomic mass is 16.5. The summed E-state index contributed by atoms with van der Waals surface area (Å²) in [7, 11) is 3.12. The van der Waals surface area contributed by atoms with Crippen molar-refractivity contribution < 1.29 is 23.8 Å². The Morgan fingerprint density at radius 1 is 1.06 bits per heavy atom. The number of Topliss-reactive ketones (excluding diaryl/α,β-unsaturated/α-hetero) is 1. The molecular weight excluding hydrogens is 456 g/mol. The Morgan fingerprint density at radius 3 is 2.33 bits per heavy atom. The quantitative estimate of drug-likeness (QED) is 0.570. The number of benzene rings is 2. The lowest BCUT2D eigenvalue weighted by Gasteiger charge is -2.44. The Labute approximate surface area is 212 Å². The van der Waals surface area contributed by atoms with Gasteiger partial charge in [-0.05, 0) is 55.5 Å². The fraction of sp³-hybridized carbons (Fsp3) is 0.379. The summed E-state index contributed by atoms with van der Waals surface area (Å²) in [5.74, 6) is 0.0794. The van der Waals surface area contributed by atoms with Crippen molar-refractivity contribution in [1.82, 2.24) is 0 Å². The Morgan fingerprint density at radius 2 is 1.72 bits per heavy atom. The minimum Gasteiger partial charge on any atom is -0.493 e. The highest BCUT2D eigenvalue weighted by molar-refractivity contribution is 6.05. The molecular formula is C29H34N2O5. The van der Waals surface area contributed by atoms with E-state index in [9.17, 15) is 9.59 Å². The third kappa shape index (κ3) is 4.45. The van der Waals surface area contributed by atoms with Gasteiger partial charge in [-0.1, -0.05) is 37.6 Å².